The first-order valence-corrected chi connectivity index (χ1v) is 20.0. The van der Waals surface area contributed by atoms with Crippen molar-refractivity contribution in [3.8, 4) is 67.0 Å². The van der Waals surface area contributed by atoms with Crippen molar-refractivity contribution in [2.75, 3.05) is 4.90 Å². The van der Waals surface area contributed by atoms with Crippen LogP contribution in [0.1, 0.15) is 0 Å². The lowest BCUT2D eigenvalue weighted by Crippen LogP contribution is -2.10. The van der Waals surface area contributed by atoms with Gasteiger partial charge in [-0.3, -0.25) is 0 Å². The normalized spacial score (nSPS) is 11.1. The number of anilines is 3. The van der Waals surface area contributed by atoms with E-state index in [4.69, 9.17) is 9.97 Å². The zero-order chi connectivity index (χ0) is 39.4. The Balaban J connectivity index is 1.04. The van der Waals surface area contributed by atoms with Gasteiger partial charge in [0.1, 0.15) is 0 Å². The highest BCUT2D eigenvalue weighted by molar-refractivity contribution is 5.88. The van der Waals surface area contributed by atoms with Gasteiger partial charge in [-0.15, -0.1) is 0 Å². The van der Waals surface area contributed by atoms with Crippen molar-refractivity contribution in [3.05, 3.63) is 237 Å². The molecule has 59 heavy (non-hydrogen) atoms. The van der Waals surface area contributed by atoms with E-state index in [0.717, 1.165) is 56.2 Å². The second-order valence-corrected chi connectivity index (χ2v) is 14.6. The van der Waals surface area contributed by atoms with Gasteiger partial charge >= 0.3 is 0 Å². The van der Waals surface area contributed by atoms with Gasteiger partial charge in [0.15, 0.2) is 0 Å². The summed E-state index contributed by atoms with van der Waals surface area (Å²) in [7, 11) is 0. The van der Waals surface area contributed by atoms with Gasteiger partial charge in [0.2, 0.25) is 0 Å². The number of benzene rings is 9. The number of para-hydroxylation sites is 2. The summed E-state index contributed by atoms with van der Waals surface area (Å²) in [6, 6.07) is 83.5. The lowest BCUT2D eigenvalue weighted by molar-refractivity contribution is 1.27. The molecule has 278 valence electrons. The topological polar surface area (TPSA) is 29.0 Å². The predicted octanol–water partition coefficient (Wildman–Crippen LogP) is 15.1. The average molecular weight is 754 g/mol. The minimum absolute atomic E-state index is 0.857. The maximum atomic E-state index is 5.17. The Bertz CT molecular complexity index is 3000. The maximum Gasteiger partial charge on any atom is 0.0973 e. The lowest BCUT2D eigenvalue weighted by Gasteiger charge is -2.26. The van der Waals surface area contributed by atoms with Gasteiger partial charge < -0.3 is 4.90 Å². The average Bonchev–Trinajstić information content (AvgIpc) is 3.33. The molecule has 0 aliphatic heterocycles. The standard InChI is InChI=1S/C56H39N3/c1-4-14-40(15-5-1)42-26-28-43(29-27-42)44-30-34-50(35-31-44)59(52-23-13-22-49(39-52)48-21-12-20-47(38-48)41-16-6-2-7-17-41)51-36-32-46(33-37-51)56-55(45-18-8-3-9-19-45)57-53-24-10-11-25-54(53)58-56/h1-39H. The largest absolute Gasteiger partial charge is 0.310 e. The van der Waals surface area contributed by atoms with E-state index in [1.54, 1.807) is 0 Å². The number of hydrogen-bond donors (Lipinski definition) is 0. The summed E-state index contributed by atoms with van der Waals surface area (Å²) < 4.78 is 0. The molecule has 0 radical (unpaired) electrons. The smallest absolute Gasteiger partial charge is 0.0973 e. The van der Waals surface area contributed by atoms with Crippen LogP contribution in [-0.2, 0) is 0 Å². The Kier molecular flexibility index (Phi) is 9.59. The number of nitrogens with zero attached hydrogens (tertiary/aromatic N) is 3. The minimum Gasteiger partial charge on any atom is -0.310 e. The van der Waals surface area contributed by atoms with Crippen LogP contribution < -0.4 is 4.90 Å². The molecule has 0 bridgehead atoms. The van der Waals surface area contributed by atoms with Crippen LogP contribution in [0.3, 0.4) is 0 Å². The predicted molar refractivity (Wildman–Crippen MR) is 247 cm³/mol. The van der Waals surface area contributed by atoms with E-state index in [0.29, 0.717) is 0 Å². The molecule has 0 amide bonds. The molecule has 1 aromatic heterocycles. The fourth-order valence-electron chi connectivity index (χ4n) is 7.84. The van der Waals surface area contributed by atoms with Crippen LogP contribution in [0.2, 0.25) is 0 Å². The lowest BCUT2D eigenvalue weighted by atomic mass is 9.98. The Morgan fingerprint density at radius 3 is 1.05 bits per heavy atom. The van der Waals surface area contributed by atoms with Crippen LogP contribution in [0.15, 0.2) is 237 Å². The summed E-state index contributed by atoms with van der Waals surface area (Å²) in [6.07, 6.45) is 0. The van der Waals surface area contributed by atoms with Gasteiger partial charge in [-0.05, 0) is 99.1 Å². The van der Waals surface area contributed by atoms with Crippen LogP contribution in [0.25, 0.3) is 78.1 Å². The molecular formula is C56H39N3. The molecule has 0 unspecified atom stereocenters. The summed E-state index contributed by atoms with van der Waals surface area (Å²) in [5, 5.41) is 0. The second-order valence-electron chi connectivity index (χ2n) is 14.6. The van der Waals surface area contributed by atoms with Crippen molar-refractivity contribution in [2.45, 2.75) is 0 Å². The second kappa shape index (κ2) is 15.9. The van der Waals surface area contributed by atoms with Crippen molar-refractivity contribution >= 4 is 28.1 Å². The number of fused-ring (bicyclic) bond motifs is 1. The molecule has 0 fully saturated rings. The van der Waals surface area contributed by atoms with E-state index in [2.05, 4.69) is 199 Å². The molecule has 3 heteroatoms. The molecule has 0 spiro atoms. The van der Waals surface area contributed by atoms with E-state index in [1.807, 2.05) is 42.5 Å². The summed E-state index contributed by atoms with van der Waals surface area (Å²) in [5.74, 6) is 0. The third-order valence-electron chi connectivity index (χ3n) is 10.9. The van der Waals surface area contributed by atoms with Gasteiger partial charge in [-0.1, -0.05) is 182 Å². The molecule has 0 N–H and O–H groups in total. The summed E-state index contributed by atoms with van der Waals surface area (Å²) >= 11 is 0. The first-order chi connectivity index (χ1) is 29.2. The van der Waals surface area contributed by atoms with E-state index >= 15 is 0 Å². The molecule has 10 aromatic rings. The van der Waals surface area contributed by atoms with E-state index < -0.39 is 0 Å². The van der Waals surface area contributed by atoms with Gasteiger partial charge in [-0.25, -0.2) is 9.97 Å². The molecule has 10 rings (SSSR count). The first-order valence-electron chi connectivity index (χ1n) is 20.0. The van der Waals surface area contributed by atoms with Crippen LogP contribution in [0.5, 0.6) is 0 Å². The zero-order valence-electron chi connectivity index (χ0n) is 32.4. The van der Waals surface area contributed by atoms with Gasteiger partial charge in [0.25, 0.3) is 0 Å². The highest BCUT2D eigenvalue weighted by atomic mass is 15.1. The molecule has 0 atom stereocenters. The third-order valence-corrected chi connectivity index (χ3v) is 10.9. The Morgan fingerprint density at radius 2 is 0.542 bits per heavy atom. The molecule has 0 saturated heterocycles. The summed E-state index contributed by atoms with van der Waals surface area (Å²) in [4.78, 5) is 12.6. The number of hydrogen-bond acceptors (Lipinski definition) is 3. The Hall–Kier alpha value is -7.88. The third kappa shape index (κ3) is 7.41. The van der Waals surface area contributed by atoms with Crippen molar-refractivity contribution < 1.29 is 0 Å². The fraction of sp³-hybridized carbons (Fsp3) is 0. The molecule has 3 nitrogen and oxygen atoms in total. The summed E-state index contributed by atoms with van der Waals surface area (Å²) in [5.41, 5.74) is 18.2. The van der Waals surface area contributed by atoms with Gasteiger partial charge in [-0.2, -0.15) is 0 Å². The number of aromatic nitrogens is 2. The fourth-order valence-corrected chi connectivity index (χ4v) is 7.84. The Labute approximate surface area is 345 Å². The van der Waals surface area contributed by atoms with E-state index in [9.17, 15) is 0 Å². The van der Waals surface area contributed by atoms with Crippen molar-refractivity contribution in [3.63, 3.8) is 0 Å². The molecule has 0 aliphatic rings. The SMILES string of the molecule is c1ccc(-c2ccc(-c3ccc(N(c4ccc(-c5nc6ccccc6nc5-c5ccccc5)cc4)c4cccc(-c5cccc(-c6ccccc6)c5)c4)cc3)cc2)cc1. The molecular weight excluding hydrogens is 715 g/mol. The highest BCUT2D eigenvalue weighted by Gasteiger charge is 2.17. The van der Waals surface area contributed by atoms with Gasteiger partial charge in [0, 0.05) is 28.2 Å². The van der Waals surface area contributed by atoms with Crippen LogP contribution in [0, 0.1) is 0 Å². The van der Waals surface area contributed by atoms with Crippen molar-refractivity contribution in [1.29, 1.82) is 0 Å². The first kappa shape index (κ1) is 35.5. The number of rotatable bonds is 9. The molecule has 1 heterocycles. The maximum absolute atomic E-state index is 5.17. The van der Waals surface area contributed by atoms with Crippen LogP contribution >= 0.6 is 0 Å². The minimum atomic E-state index is 0.857. The van der Waals surface area contributed by atoms with Gasteiger partial charge in [0.05, 0.1) is 22.4 Å². The quantitative estimate of drug-likeness (QED) is 0.147. The van der Waals surface area contributed by atoms with Crippen molar-refractivity contribution in [2.24, 2.45) is 0 Å². The monoisotopic (exact) mass is 753 g/mol. The summed E-state index contributed by atoms with van der Waals surface area (Å²) in [6.45, 7) is 0. The molecule has 0 aliphatic carbocycles. The zero-order valence-corrected chi connectivity index (χ0v) is 32.4. The highest BCUT2D eigenvalue weighted by Crippen LogP contribution is 2.40. The van der Waals surface area contributed by atoms with Crippen molar-refractivity contribution in [1.82, 2.24) is 9.97 Å². The van der Waals surface area contributed by atoms with Crippen LogP contribution in [0.4, 0.5) is 17.1 Å². The van der Waals surface area contributed by atoms with Crippen LogP contribution in [-0.4, -0.2) is 9.97 Å². The molecule has 9 aromatic carbocycles. The molecule has 0 saturated carbocycles. The Morgan fingerprint density at radius 1 is 0.220 bits per heavy atom. The van der Waals surface area contributed by atoms with E-state index in [1.165, 1.54) is 38.9 Å². The van der Waals surface area contributed by atoms with E-state index in [-0.39, 0.29) is 0 Å².